The molecule has 1 fully saturated rings. The third kappa shape index (κ3) is 3.56. The van der Waals surface area contributed by atoms with E-state index in [0.29, 0.717) is 6.42 Å². The number of amides is 1. The highest BCUT2D eigenvalue weighted by Gasteiger charge is 2.41. The average molecular weight is 366 g/mol. The number of para-hydroxylation sites is 1. The van der Waals surface area contributed by atoms with E-state index in [1.54, 1.807) is 0 Å². The number of carbonyl (C=O) groups is 1. The number of nitrogens with one attached hydrogen (secondary N) is 3. The number of hydrogen-bond acceptors (Lipinski definition) is 5. The van der Waals surface area contributed by atoms with Crippen molar-refractivity contribution in [3.63, 3.8) is 0 Å². The predicted molar refractivity (Wildman–Crippen MR) is 104 cm³/mol. The molecule has 1 amide bonds. The van der Waals surface area contributed by atoms with Gasteiger partial charge in [-0.3, -0.25) is 4.79 Å². The largest absolute Gasteiger partial charge is 0.487 e. The highest BCUT2D eigenvalue weighted by molar-refractivity contribution is 5.84. The Morgan fingerprint density at radius 1 is 1.11 bits per heavy atom. The number of hydrogen-bond donors (Lipinski definition) is 4. The molecule has 2 aliphatic heterocycles. The molecular weight excluding hydrogens is 340 g/mol. The Labute approximate surface area is 159 Å². The van der Waals surface area contributed by atoms with Crippen LogP contribution in [0.15, 0.2) is 54.6 Å². The summed E-state index contributed by atoms with van der Waals surface area (Å²) in [6.07, 6.45) is 0.374. The van der Waals surface area contributed by atoms with Gasteiger partial charge in [-0.05, 0) is 25.5 Å². The SMILES string of the molecule is CC1(C)CC(NC(=O)C2NNC(N)C2c2ccccc2)c2ccccc2O1. The van der Waals surface area contributed by atoms with Gasteiger partial charge in [-0.15, -0.1) is 0 Å². The number of fused-ring (bicyclic) bond motifs is 1. The maximum atomic E-state index is 13.2. The lowest BCUT2D eigenvalue weighted by Gasteiger charge is -2.38. The van der Waals surface area contributed by atoms with E-state index in [9.17, 15) is 4.79 Å². The molecule has 4 atom stereocenters. The van der Waals surface area contributed by atoms with Crippen LogP contribution in [0.2, 0.25) is 0 Å². The van der Waals surface area contributed by atoms with E-state index in [-0.39, 0.29) is 29.6 Å². The molecule has 0 spiro atoms. The second-order valence-corrected chi connectivity index (χ2v) is 7.89. The molecule has 0 radical (unpaired) electrons. The van der Waals surface area contributed by atoms with E-state index in [1.165, 1.54) is 0 Å². The van der Waals surface area contributed by atoms with Crippen LogP contribution in [0.25, 0.3) is 0 Å². The lowest BCUT2D eigenvalue weighted by molar-refractivity contribution is -0.124. The third-order valence-electron chi connectivity index (χ3n) is 5.31. The number of carbonyl (C=O) groups excluding carboxylic acids is 1. The first-order valence-corrected chi connectivity index (χ1v) is 9.34. The molecule has 2 aliphatic rings. The standard InChI is InChI=1S/C21H26N4O2/c1-21(2)12-15(14-10-6-7-11-16(14)27-21)23-20(26)18-17(19(22)25-24-18)13-8-4-3-5-9-13/h3-11,15,17-19,24-25H,12,22H2,1-2H3,(H,23,26). The summed E-state index contributed by atoms with van der Waals surface area (Å²) in [7, 11) is 0. The van der Waals surface area contributed by atoms with Gasteiger partial charge in [-0.25, -0.2) is 10.9 Å². The monoisotopic (exact) mass is 366 g/mol. The van der Waals surface area contributed by atoms with E-state index in [1.807, 2.05) is 68.4 Å². The molecule has 5 N–H and O–H groups in total. The normalized spacial score (nSPS) is 28.9. The van der Waals surface area contributed by atoms with Gasteiger partial charge in [-0.1, -0.05) is 48.5 Å². The van der Waals surface area contributed by atoms with Crippen LogP contribution in [0, 0.1) is 0 Å². The molecule has 1 saturated heterocycles. The number of ether oxygens (including phenoxy) is 1. The second-order valence-electron chi connectivity index (χ2n) is 7.89. The first-order valence-electron chi connectivity index (χ1n) is 9.34. The lowest BCUT2D eigenvalue weighted by atomic mass is 9.87. The van der Waals surface area contributed by atoms with Gasteiger partial charge < -0.3 is 15.8 Å². The van der Waals surface area contributed by atoms with Crippen LogP contribution in [0.3, 0.4) is 0 Å². The Balaban J connectivity index is 1.57. The summed E-state index contributed by atoms with van der Waals surface area (Å²) in [6.45, 7) is 4.08. The van der Waals surface area contributed by atoms with Gasteiger partial charge in [-0.2, -0.15) is 0 Å². The van der Waals surface area contributed by atoms with E-state index in [2.05, 4.69) is 16.2 Å². The summed E-state index contributed by atoms with van der Waals surface area (Å²) >= 11 is 0. The van der Waals surface area contributed by atoms with Crippen molar-refractivity contribution in [2.24, 2.45) is 5.73 Å². The average Bonchev–Trinajstić information content (AvgIpc) is 3.03. The molecule has 0 aliphatic carbocycles. The first kappa shape index (κ1) is 18.0. The first-order chi connectivity index (χ1) is 12.9. The van der Waals surface area contributed by atoms with Gasteiger partial charge in [0.2, 0.25) is 5.91 Å². The molecule has 2 aromatic rings. The molecule has 4 unspecified atom stereocenters. The Kier molecular flexibility index (Phi) is 4.63. The van der Waals surface area contributed by atoms with Crippen LogP contribution < -0.4 is 26.6 Å². The van der Waals surface area contributed by atoms with E-state index in [4.69, 9.17) is 10.5 Å². The van der Waals surface area contributed by atoms with Crippen molar-refractivity contribution >= 4 is 5.91 Å². The minimum Gasteiger partial charge on any atom is -0.487 e. The van der Waals surface area contributed by atoms with Gasteiger partial charge in [0.05, 0.1) is 12.2 Å². The van der Waals surface area contributed by atoms with Gasteiger partial charge in [0.15, 0.2) is 0 Å². The molecule has 6 nitrogen and oxygen atoms in total. The number of benzene rings is 2. The van der Waals surface area contributed by atoms with Crippen LogP contribution >= 0.6 is 0 Å². The number of hydrazine groups is 1. The summed E-state index contributed by atoms with van der Waals surface area (Å²) in [6, 6.07) is 17.2. The van der Waals surface area contributed by atoms with Crippen molar-refractivity contribution in [3.05, 3.63) is 65.7 Å². The predicted octanol–water partition coefficient (Wildman–Crippen LogP) is 1.95. The van der Waals surface area contributed by atoms with Crippen LogP contribution in [-0.2, 0) is 4.79 Å². The second kappa shape index (κ2) is 6.96. The zero-order chi connectivity index (χ0) is 19.0. The molecule has 4 rings (SSSR count). The minimum atomic E-state index is -0.444. The molecule has 142 valence electrons. The highest BCUT2D eigenvalue weighted by atomic mass is 16.5. The van der Waals surface area contributed by atoms with Crippen LogP contribution in [0.1, 0.15) is 43.4 Å². The van der Waals surface area contributed by atoms with E-state index < -0.39 is 6.04 Å². The van der Waals surface area contributed by atoms with Crippen molar-refractivity contribution in [2.45, 2.75) is 50.0 Å². The molecular formula is C21H26N4O2. The lowest BCUT2D eigenvalue weighted by Crippen LogP contribution is -2.48. The van der Waals surface area contributed by atoms with Gasteiger partial charge >= 0.3 is 0 Å². The fourth-order valence-corrected chi connectivity index (χ4v) is 4.07. The van der Waals surface area contributed by atoms with Crippen molar-refractivity contribution in [1.82, 2.24) is 16.2 Å². The summed E-state index contributed by atoms with van der Waals surface area (Å²) < 4.78 is 6.06. The summed E-state index contributed by atoms with van der Waals surface area (Å²) in [5, 5.41) is 3.22. The minimum absolute atomic E-state index is 0.0678. The number of rotatable bonds is 3. The molecule has 27 heavy (non-hydrogen) atoms. The van der Waals surface area contributed by atoms with E-state index in [0.717, 1.165) is 16.9 Å². The quantitative estimate of drug-likeness (QED) is 0.667. The summed E-state index contributed by atoms with van der Waals surface area (Å²) in [4.78, 5) is 13.2. The maximum absolute atomic E-state index is 13.2. The third-order valence-corrected chi connectivity index (χ3v) is 5.31. The topological polar surface area (TPSA) is 88.4 Å². The smallest absolute Gasteiger partial charge is 0.239 e. The fourth-order valence-electron chi connectivity index (χ4n) is 4.07. The molecule has 2 heterocycles. The maximum Gasteiger partial charge on any atom is 0.239 e. The van der Waals surface area contributed by atoms with Gasteiger partial charge in [0.25, 0.3) is 0 Å². The van der Waals surface area contributed by atoms with E-state index >= 15 is 0 Å². The Bertz CT molecular complexity index is 824. The Hall–Kier alpha value is -2.41. The molecule has 2 aromatic carbocycles. The van der Waals surface area contributed by atoms with Crippen LogP contribution in [0.4, 0.5) is 0 Å². The van der Waals surface area contributed by atoms with Crippen LogP contribution in [-0.4, -0.2) is 23.7 Å². The van der Waals surface area contributed by atoms with Crippen molar-refractivity contribution < 1.29 is 9.53 Å². The molecule has 6 heteroatoms. The van der Waals surface area contributed by atoms with Gasteiger partial charge in [0.1, 0.15) is 17.4 Å². The zero-order valence-electron chi connectivity index (χ0n) is 15.6. The molecule has 0 aromatic heterocycles. The molecule has 0 bridgehead atoms. The molecule has 0 saturated carbocycles. The zero-order valence-corrected chi connectivity index (χ0v) is 15.6. The van der Waals surface area contributed by atoms with Crippen molar-refractivity contribution in [1.29, 1.82) is 0 Å². The fraction of sp³-hybridized carbons (Fsp3) is 0.381. The summed E-state index contributed by atoms with van der Waals surface area (Å²) in [5.74, 6) is 0.615. The van der Waals surface area contributed by atoms with Gasteiger partial charge in [0, 0.05) is 17.9 Å². The Morgan fingerprint density at radius 3 is 2.59 bits per heavy atom. The Morgan fingerprint density at radius 2 is 1.81 bits per heavy atom. The highest BCUT2D eigenvalue weighted by Crippen LogP contribution is 2.39. The number of nitrogens with two attached hydrogens (primary N) is 1. The van der Waals surface area contributed by atoms with Crippen molar-refractivity contribution in [2.75, 3.05) is 0 Å². The van der Waals surface area contributed by atoms with Crippen molar-refractivity contribution in [3.8, 4) is 5.75 Å². The summed E-state index contributed by atoms with van der Waals surface area (Å²) in [5.41, 5.74) is 14.0. The van der Waals surface area contributed by atoms with Crippen LogP contribution in [0.5, 0.6) is 5.75 Å².